The van der Waals surface area contributed by atoms with Gasteiger partial charge in [-0.15, -0.1) is 24.0 Å². The smallest absolute Gasteiger partial charge is 0.191 e. The van der Waals surface area contributed by atoms with Crippen molar-refractivity contribution in [1.82, 2.24) is 15.5 Å². The van der Waals surface area contributed by atoms with Gasteiger partial charge in [0.05, 0.1) is 6.10 Å². The van der Waals surface area contributed by atoms with Crippen LogP contribution in [0.3, 0.4) is 0 Å². The molecule has 2 aliphatic rings. The fourth-order valence-corrected chi connectivity index (χ4v) is 4.46. The van der Waals surface area contributed by atoms with Crippen molar-refractivity contribution < 1.29 is 4.74 Å². The Hall–Kier alpha value is -0.860. The van der Waals surface area contributed by atoms with Gasteiger partial charge in [-0.05, 0) is 58.2 Å². The van der Waals surface area contributed by atoms with E-state index in [1.807, 2.05) is 0 Å². The average Bonchev–Trinajstić information content (AvgIpc) is 3.18. The molecule has 2 N–H and O–H groups in total. The third kappa shape index (κ3) is 7.10. The highest BCUT2D eigenvalue weighted by atomic mass is 127. The highest BCUT2D eigenvalue weighted by Gasteiger charge is 2.27. The molecule has 2 aliphatic heterocycles. The number of guanidine groups is 1. The quantitative estimate of drug-likeness (QED) is 0.327. The Morgan fingerprint density at radius 2 is 1.93 bits per heavy atom. The van der Waals surface area contributed by atoms with Crippen molar-refractivity contribution in [3.63, 3.8) is 0 Å². The van der Waals surface area contributed by atoms with Crippen molar-refractivity contribution >= 4 is 29.9 Å². The lowest BCUT2D eigenvalue weighted by Gasteiger charge is -2.31. The molecule has 1 aromatic carbocycles. The second-order valence-electron chi connectivity index (χ2n) is 8.13. The van der Waals surface area contributed by atoms with Crippen LogP contribution < -0.4 is 10.6 Å². The van der Waals surface area contributed by atoms with E-state index in [9.17, 15) is 0 Å². The first-order valence-electron chi connectivity index (χ1n) is 11.2. The largest absolute Gasteiger partial charge is 0.373 e. The van der Waals surface area contributed by atoms with Crippen LogP contribution in [0.2, 0.25) is 0 Å². The van der Waals surface area contributed by atoms with Crippen LogP contribution in [-0.4, -0.2) is 56.2 Å². The van der Waals surface area contributed by atoms with Gasteiger partial charge in [0, 0.05) is 38.2 Å². The molecule has 3 atom stereocenters. The second kappa shape index (κ2) is 12.7. The van der Waals surface area contributed by atoms with Crippen molar-refractivity contribution in [1.29, 1.82) is 0 Å². The van der Waals surface area contributed by atoms with E-state index < -0.39 is 0 Å². The van der Waals surface area contributed by atoms with Gasteiger partial charge in [0.25, 0.3) is 0 Å². The number of nitrogens with one attached hydrogen (secondary N) is 2. The Bertz CT molecular complexity index is 622. The number of likely N-dealkylation sites (tertiary alicyclic amines) is 1. The summed E-state index contributed by atoms with van der Waals surface area (Å²) in [6.45, 7) is 12.4. The first-order valence-corrected chi connectivity index (χ1v) is 11.2. The van der Waals surface area contributed by atoms with Crippen LogP contribution in [0.15, 0.2) is 29.3 Å². The molecule has 5 nitrogen and oxygen atoms in total. The first-order chi connectivity index (χ1) is 13.7. The molecule has 0 aromatic heterocycles. The van der Waals surface area contributed by atoms with Gasteiger partial charge in [0.2, 0.25) is 0 Å². The number of benzene rings is 1. The molecule has 6 heteroatoms. The summed E-state index contributed by atoms with van der Waals surface area (Å²) in [6, 6.07) is 9.42. The Morgan fingerprint density at radius 1 is 1.14 bits per heavy atom. The van der Waals surface area contributed by atoms with E-state index in [1.165, 1.54) is 36.9 Å². The van der Waals surface area contributed by atoms with Crippen LogP contribution in [0, 0.1) is 12.8 Å². The number of hydrogen-bond acceptors (Lipinski definition) is 3. The molecular formula is C23H39IN4O. The maximum Gasteiger partial charge on any atom is 0.191 e. The maximum atomic E-state index is 6.16. The van der Waals surface area contributed by atoms with E-state index in [4.69, 9.17) is 9.73 Å². The van der Waals surface area contributed by atoms with Gasteiger partial charge in [-0.25, -0.2) is 0 Å². The van der Waals surface area contributed by atoms with E-state index in [2.05, 4.69) is 60.6 Å². The minimum absolute atomic E-state index is 0. The van der Waals surface area contributed by atoms with Gasteiger partial charge >= 0.3 is 0 Å². The number of likely N-dealkylation sites (N-methyl/N-ethyl adjacent to an activating group) is 1. The van der Waals surface area contributed by atoms with Crippen LogP contribution in [0.5, 0.6) is 0 Å². The zero-order chi connectivity index (χ0) is 19.8. The lowest BCUT2D eigenvalue weighted by atomic mass is 9.89. The van der Waals surface area contributed by atoms with Crippen molar-refractivity contribution in [2.75, 3.05) is 39.3 Å². The molecule has 3 unspecified atom stereocenters. The number of ether oxygens (including phenoxy) is 1. The van der Waals surface area contributed by atoms with E-state index in [1.54, 1.807) is 0 Å². The summed E-state index contributed by atoms with van der Waals surface area (Å²) in [6.07, 6.45) is 5.05. The molecule has 0 bridgehead atoms. The zero-order valence-corrected chi connectivity index (χ0v) is 20.7. The molecule has 0 saturated carbocycles. The summed E-state index contributed by atoms with van der Waals surface area (Å²) in [4.78, 5) is 7.51. The first kappa shape index (κ1) is 24.4. The number of halogens is 1. The highest BCUT2D eigenvalue weighted by molar-refractivity contribution is 14.0. The predicted octanol–water partition coefficient (Wildman–Crippen LogP) is 4.12. The summed E-state index contributed by atoms with van der Waals surface area (Å²) < 4.78 is 6.16. The van der Waals surface area contributed by atoms with Crippen LogP contribution >= 0.6 is 24.0 Å². The fourth-order valence-electron chi connectivity index (χ4n) is 4.46. The summed E-state index contributed by atoms with van der Waals surface area (Å²) in [5.41, 5.74) is 2.58. The molecule has 2 saturated heterocycles. The van der Waals surface area contributed by atoms with Gasteiger partial charge in [0.1, 0.15) is 0 Å². The topological polar surface area (TPSA) is 48.9 Å². The second-order valence-corrected chi connectivity index (χ2v) is 8.13. The third-order valence-corrected chi connectivity index (χ3v) is 6.09. The molecule has 0 spiro atoms. The summed E-state index contributed by atoms with van der Waals surface area (Å²) >= 11 is 0. The Balaban J connectivity index is 0.00000300. The van der Waals surface area contributed by atoms with Crippen LogP contribution in [0.25, 0.3) is 0 Å². The normalized spacial score (nSPS) is 25.5. The standard InChI is InChI=1S/C23H38N4O.HI/c1-4-24-23(26-17-21-9-6-14-27(21)5-2)25-16-20-8-7-15-28-22(20)19-12-10-18(3)11-13-19;/h10-13,20-22H,4-9,14-17H2,1-3H3,(H2,24,25,26);1H. The Morgan fingerprint density at radius 3 is 2.66 bits per heavy atom. The molecule has 0 aliphatic carbocycles. The molecule has 3 rings (SSSR count). The van der Waals surface area contributed by atoms with Gasteiger partial charge in [-0.1, -0.05) is 36.8 Å². The number of hydrogen-bond donors (Lipinski definition) is 2. The summed E-state index contributed by atoms with van der Waals surface area (Å²) in [5.74, 6) is 1.38. The van der Waals surface area contributed by atoms with Gasteiger partial charge in [0.15, 0.2) is 5.96 Å². The van der Waals surface area contributed by atoms with Gasteiger partial charge in [-0.3, -0.25) is 9.89 Å². The maximum absolute atomic E-state index is 6.16. The minimum Gasteiger partial charge on any atom is -0.373 e. The Labute approximate surface area is 194 Å². The average molecular weight is 514 g/mol. The molecule has 2 fully saturated rings. The molecule has 1 aromatic rings. The number of nitrogens with zero attached hydrogens (tertiary/aromatic N) is 2. The van der Waals surface area contributed by atoms with Crippen LogP contribution in [0.4, 0.5) is 0 Å². The number of aliphatic imine (C=N–C) groups is 1. The van der Waals surface area contributed by atoms with Crippen molar-refractivity contribution in [2.24, 2.45) is 10.9 Å². The third-order valence-electron chi connectivity index (χ3n) is 6.09. The lowest BCUT2D eigenvalue weighted by molar-refractivity contribution is -0.0250. The predicted molar refractivity (Wildman–Crippen MR) is 132 cm³/mol. The van der Waals surface area contributed by atoms with Crippen LogP contribution in [-0.2, 0) is 4.74 Å². The van der Waals surface area contributed by atoms with Crippen molar-refractivity contribution in [3.05, 3.63) is 35.4 Å². The molecule has 2 heterocycles. The molecular weight excluding hydrogens is 475 g/mol. The van der Waals surface area contributed by atoms with Gasteiger partial charge < -0.3 is 15.4 Å². The van der Waals surface area contributed by atoms with Gasteiger partial charge in [-0.2, -0.15) is 0 Å². The Kier molecular flexibility index (Phi) is 10.7. The number of aryl methyl sites for hydroxylation is 1. The lowest BCUT2D eigenvalue weighted by Crippen LogP contribution is -2.45. The number of rotatable bonds is 7. The molecule has 0 amide bonds. The van der Waals surface area contributed by atoms with E-state index in [0.29, 0.717) is 12.0 Å². The highest BCUT2D eigenvalue weighted by Crippen LogP contribution is 2.34. The summed E-state index contributed by atoms with van der Waals surface area (Å²) in [5, 5.41) is 7.01. The van der Waals surface area contributed by atoms with E-state index in [-0.39, 0.29) is 30.1 Å². The fraction of sp³-hybridized carbons (Fsp3) is 0.696. The van der Waals surface area contributed by atoms with Crippen molar-refractivity contribution in [2.45, 2.75) is 58.6 Å². The molecule has 0 radical (unpaired) electrons. The van der Waals surface area contributed by atoms with Crippen molar-refractivity contribution in [3.8, 4) is 0 Å². The SMILES string of the molecule is CCNC(=NCC1CCCOC1c1ccc(C)cc1)NCC1CCCN1CC.I. The zero-order valence-electron chi connectivity index (χ0n) is 18.3. The molecule has 164 valence electrons. The monoisotopic (exact) mass is 514 g/mol. The van der Waals surface area contributed by atoms with Crippen LogP contribution in [0.1, 0.15) is 56.8 Å². The minimum atomic E-state index is 0. The molecule has 29 heavy (non-hydrogen) atoms. The van der Waals surface area contributed by atoms with E-state index in [0.717, 1.165) is 45.2 Å². The van der Waals surface area contributed by atoms with E-state index >= 15 is 0 Å². The summed E-state index contributed by atoms with van der Waals surface area (Å²) in [7, 11) is 0.